The number of hydrogen-bond acceptors (Lipinski definition) is 14. The third-order valence-electron chi connectivity index (χ3n) is 10.9. The van der Waals surface area contributed by atoms with Gasteiger partial charge in [-0.2, -0.15) is 4.58 Å². The van der Waals surface area contributed by atoms with Crippen molar-refractivity contribution >= 4 is 49.1 Å². The molecule has 0 bridgehead atoms. The zero-order valence-corrected chi connectivity index (χ0v) is 38.4. The number of unbranched alkanes of at least 4 members (excludes halogenated alkanes) is 2. The number of allylic oxidation sites excluding steroid dienone is 4. The largest absolute Gasteiger partial charge is 1.00 e. The first kappa shape index (κ1) is 51.3. The summed E-state index contributed by atoms with van der Waals surface area (Å²) >= 11 is 0. The van der Waals surface area contributed by atoms with Crippen LogP contribution in [0.25, 0.3) is 0 Å². The number of carbonyl (C=O) groups excluding carboxylic acids is 2. The molecule has 0 aromatic heterocycles. The normalized spacial score (nSPS) is 18.5. The fraction of sp³-hybridized carbons (Fsp3) is 0.525. The molecule has 17 nitrogen and oxygen atoms in total. The third kappa shape index (κ3) is 12.3. The zero-order chi connectivity index (χ0) is 44.1. The minimum Gasteiger partial charge on any atom is -0.748 e. The van der Waals surface area contributed by atoms with Gasteiger partial charge in [-0.25, -0.2) is 16.8 Å². The van der Waals surface area contributed by atoms with E-state index in [1.807, 2.05) is 67.5 Å². The Morgan fingerprint density at radius 3 is 1.98 bits per heavy atom. The molecule has 0 spiro atoms. The van der Waals surface area contributed by atoms with Gasteiger partial charge in [-0.05, 0) is 75.1 Å². The number of carbonyl (C=O) groups is 2. The molecule has 0 aliphatic carbocycles. The van der Waals surface area contributed by atoms with Crippen molar-refractivity contribution in [2.75, 3.05) is 49.7 Å². The first-order valence-corrected chi connectivity index (χ1v) is 22.4. The first-order valence-electron chi connectivity index (χ1n) is 19.3. The zero-order valence-electron chi connectivity index (χ0n) is 34.8. The Kier molecular flexibility index (Phi) is 17.9. The van der Waals surface area contributed by atoms with E-state index in [-0.39, 0.29) is 53.9 Å². The molecular formula is C40H55N4NaO13S2. The van der Waals surface area contributed by atoms with Crippen molar-refractivity contribution < 1.29 is 95.2 Å². The Balaban J connectivity index is 0.00000961. The van der Waals surface area contributed by atoms with Gasteiger partial charge < -0.3 is 50.2 Å². The van der Waals surface area contributed by atoms with Gasteiger partial charge in [0.1, 0.15) is 24.9 Å². The minimum absolute atomic E-state index is 0. The van der Waals surface area contributed by atoms with Gasteiger partial charge in [0.05, 0.1) is 38.4 Å². The van der Waals surface area contributed by atoms with Gasteiger partial charge in [0.2, 0.25) is 5.69 Å². The molecule has 2 amide bonds. The summed E-state index contributed by atoms with van der Waals surface area (Å²) in [5, 5.41) is 54.2. The van der Waals surface area contributed by atoms with Crippen LogP contribution in [0.3, 0.4) is 0 Å². The van der Waals surface area contributed by atoms with Crippen molar-refractivity contribution in [3.8, 4) is 0 Å². The standard InChI is InChI=1S/C40H56N4O13S2.Na/c1-39(2)27-21-25(37(50)41-5)13-15-29(27)43(17-6-8-19-58(52,53)54)33(39)11-10-12-34-40(3,4)28-22-26(14-16-30(28)44(34)18-7-9-20-59(55,56)57)38(51)42-23-31(46)35(48)36(49)32(47)24-45;/h10-16,21-22,31-32,35-36,45-49H,6-9,17-20,23-24H2,1-5H3,(H3-,41,42,50,51,52,53,54,55,56,57);/q;+1/p-1. The summed E-state index contributed by atoms with van der Waals surface area (Å²) in [6, 6.07) is 10.3. The van der Waals surface area contributed by atoms with Crippen molar-refractivity contribution in [1.29, 1.82) is 0 Å². The van der Waals surface area contributed by atoms with Crippen LogP contribution < -0.4 is 45.1 Å². The molecule has 0 saturated heterocycles. The second-order valence-electron chi connectivity index (χ2n) is 15.8. The van der Waals surface area contributed by atoms with Crippen LogP contribution in [0.4, 0.5) is 11.4 Å². The number of nitrogens with zero attached hydrogens (tertiary/aromatic N) is 2. The van der Waals surface area contributed by atoms with Crippen LogP contribution in [0.1, 0.15) is 85.2 Å². The monoisotopic (exact) mass is 886 g/mol. The second kappa shape index (κ2) is 20.9. The maximum Gasteiger partial charge on any atom is 1.00 e. The van der Waals surface area contributed by atoms with Gasteiger partial charge in [0.15, 0.2) is 5.71 Å². The third-order valence-corrected chi connectivity index (χ3v) is 12.5. The van der Waals surface area contributed by atoms with Crippen LogP contribution in [-0.4, -0.2) is 143 Å². The van der Waals surface area contributed by atoms with Crippen molar-refractivity contribution in [1.82, 2.24) is 10.6 Å². The van der Waals surface area contributed by atoms with E-state index in [2.05, 4.69) is 10.6 Å². The van der Waals surface area contributed by atoms with E-state index in [0.717, 1.165) is 33.9 Å². The maximum absolute atomic E-state index is 13.3. The van der Waals surface area contributed by atoms with Crippen LogP contribution in [0.2, 0.25) is 0 Å². The Hall–Kier alpha value is -3.05. The molecule has 0 fully saturated rings. The molecular weight excluding hydrogens is 832 g/mol. The SMILES string of the molecule is CNC(=O)c1ccc2c(c1)C(C)(C)C(C=CC=C1N(CCCCS(=O)(=O)[O-])c3ccc(C(=O)NCC(O)C(O)C(O)C(O)CO)cc3C1(C)C)=[N+]2CCCCS(=O)(=O)[O-].[Na+]. The summed E-state index contributed by atoms with van der Waals surface area (Å²) in [6.45, 7) is 7.29. The average Bonchev–Trinajstić information content (AvgIpc) is 3.52. The number of anilines is 1. The summed E-state index contributed by atoms with van der Waals surface area (Å²) in [5.41, 5.74) is 4.09. The van der Waals surface area contributed by atoms with Crippen molar-refractivity contribution in [3.63, 3.8) is 0 Å². The van der Waals surface area contributed by atoms with E-state index in [4.69, 9.17) is 5.11 Å². The van der Waals surface area contributed by atoms with Crippen LogP contribution in [0.5, 0.6) is 0 Å². The Morgan fingerprint density at radius 1 is 0.817 bits per heavy atom. The van der Waals surface area contributed by atoms with Crippen LogP contribution in [0.15, 0.2) is 60.3 Å². The van der Waals surface area contributed by atoms with Crippen LogP contribution in [0, 0.1) is 0 Å². The van der Waals surface area contributed by atoms with Gasteiger partial charge in [-0.15, -0.1) is 0 Å². The molecule has 2 aliphatic rings. The summed E-state index contributed by atoms with van der Waals surface area (Å²) in [5.74, 6) is -1.89. The molecule has 0 radical (unpaired) electrons. The molecule has 326 valence electrons. The van der Waals surface area contributed by atoms with E-state index in [9.17, 15) is 56.0 Å². The summed E-state index contributed by atoms with van der Waals surface area (Å²) in [4.78, 5) is 27.8. The smallest absolute Gasteiger partial charge is 0.748 e. The topological polar surface area (TPSA) is 280 Å². The number of nitrogens with one attached hydrogen (secondary N) is 2. The quantitative estimate of drug-likeness (QED) is 0.0313. The Labute approximate surface area is 373 Å². The fourth-order valence-corrected chi connectivity index (χ4v) is 8.69. The van der Waals surface area contributed by atoms with E-state index in [0.29, 0.717) is 31.5 Å². The number of amides is 2. The molecule has 4 unspecified atom stereocenters. The second-order valence-corrected chi connectivity index (χ2v) is 18.9. The number of hydrogen-bond donors (Lipinski definition) is 7. The molecule has 4 rings (SSSR count). The van der Waals surface area contributed by atoms with Gasteiger partial charge >= 0.3 is 29.6 Å². The van der Waals surface area contributed by atoms with E-state index >= 15 is 0 Å². The summed E-state index contributed by atoms with van der Waals surface area (Å²) in [7, 11) is -7.28. The molecule has 0 saturated carbocycles. The Morgan fingerprint density at radius 2 is 1.38 bits per heavy atom. The number of fused-ring (bicyclic) bond motifs is 2. The van der Waals surface area contributed by atoms with Crippen molar-refractivity contribution in [3.05, 3.63) is 82.6 Å². The van der Waals surface area contributed by atoms with E-state index < -0.39 is 86.0 Å². The van der Waals surface area contributed by atoms with Crippen LogP contribution in [-0.2, 0) is 31.1 Å². The first-order chi connectivity index (χ1) is 27.4. The summed E-state index contributed by atoms with van der Waals surface area (Å²) < 4.78 is 70.1. The molecule has 2 aromatic carbocycles. The predicted molar refractivity (Wildman–Crippen MR) is 218 cm³/mol. The van der Waals surface area contributed by atoms with E-state index in [1.165, 1.54) is 0 Å². The number of aliphatic hydroxyl groups excluding tert-OH is 5. The fourth-order valence-electron chi connectivity index (χ4n) is 7.57. The molecule has 60 heavy (non-hydrogen) atoms. The van der Waals surface area contributed by atoms with Gasteiger partial charge in [-0.1, -0.05) is 19.9 Å². The van der Waals surface area contributed by atoms with Gasteiger partial charge in [0, 0.05) is 83.7 Å². The van der Waals surface area contributed by atoms with Gasteiger partial charge in [-0.3, -0.25) is 9.59 Å². The number of rotatable bonds is 20. The molecule has 2 aliphatic heterocycles. The number of benzene rings is 2. The van der Waals surface area contributed by atoms with Crippen molar-refractivity contribution in [2.24, 2.45) is 0 Å². The molecule has 2 aromatic rings. The summed E-state index contributed by atoms with van der Waals surface area (Å²) in [6.07, 6.45) is -0.401. The minimum atomic E-state index is -4.43. The molecule has 7 N–H and O–H groups in total. The van der Waals surface area contributed by atoms with Crippen molar-refractivity contribution in [2.45, 2.75) is 88.6 Å². The van der Waals surface area contributed by atoms with E-state index in [1.54, 1.807) is 31.3 Å². The van der Waals surface area contributed by atoms with Crippen LogP contribution >= 0.6 is 0 Å². The average molecular weight is 887 g/mol. The number of aliphatic hydroxyl groups is 5. The molecule has 2 heterocycles. The van der Waals surface area contributed by atoms with Gasteiger partial charge in [0.25, 0.3) is 11.8 Å². The maximum atomic E-state index is 13.3. The predicted octanol–water partition coefficient (Wildman–Crippen LogP) is -2.52. The Bertz CT molecular complexity index is 2210. The molecule has 20 heteroatoms. The molecule has 4 atom stereocenters.